The number of morpholine rings is 1. The lowest BCUT2D eigenvalue weighted by Crippen LogP contribution is -2.51. The predicted octanol–water partition coefficient (Wildman–Crippen LogP) is 3.16. The maximum absolute atomic E-state index is 12.9. The minimum atomic E-state index is -3.56. The van der Waals surface area contributed by atoms with Crippen LogP contribution in [0.5, 0.6) is 0 Å². The molecule has 31 heavy (non-hydrogen) atoms. The van der Waals surface area contributed by atoms with E-state index in [4.69, 9.17) is 4.74 Å². The van der Waals surface area contributed by atoms with Gasteiger partial charge in [0.1, 0.15) is 0 Å². The summed E-state index contributed by atoms with van der Waals surface area (Å²) in [6.45, 7) is 8.71. The van der Waals surface area contributed by atoms with Crippen LogP contribution >= 0.6 is 0 Å². The molecule has 2 N–H and O–H groups in total. The summed E-state index contributed by atoms with van der Waals surface area (Å²) in [4.78, 5) is 15.1. The molecule has 0 bridgehead atoms. The molecule has 2 aromatic rings. The second-order valence-electron chi connectivity index (χ2n) is 8.27. The zero-order valence-corrected chi connectivity index (χ0v) is 19.2. The monoisotopic (exact) mass is 445 g/mol. The Balaban J connectivity index is 1.64. The van der Waals surface area contributed by atoms with Crippen LogP contribution in [-0.4, -0.2) is 50.5 Å². The van der Waals surface area contributed by atoms with Gasteiger partial charge in [0.15, 0.2) is 0 Å². The van der Waals surface area contributed by atoms with E-state index in [2.05, 4.69) is 14.9 Å². The Hall–Kier alpha value is -2.26. The number of amides is 1. The second kappa shape index (κ2) is 9.91. The highest BCUT2D eigenvalue weighted by atomic mass is 32.2. The van der Waals surface area contributed by atoms with Crippen LogP contribution in [-0.2, 0) is 19.6 Å². The van der Waals surface area contributed by atoms with E-state index in [-0.39, 0.29) is 35.1 Å². The SMILES string of the molecule is CC(C)NS(=O)(=O)c1ccc(NC(=O)C(C)N2CC(C)OC(c3ccccc3)C2)cc1. The van der Waals surface area contributed by atoms with Crippen molar-refractivity contribution >= 4 is 21.6 Å². The molecule has 3 unspecified atom stereocenters. The van der Waals surface area contributed by atoms with E-state index in [1.807, 2.05) is 44.2 Å². The molecule has 2 aromatic carbocycles. The first-order valence-corrected chi connectivity index (χ1v) is 12.0. The van der Waals surface area contributed by atoms with Gasteiger partial charge >= 0.3 is 0 Å². The summed E-state index contributed by atoms with van der Waals surface area (Å²) >= 11 is 0. The number of anilines is 1. The van der Waals surface area contributed by atoms with Gasteiger partial charge in [-0.2, -0.15) is 0 Å². The average molecular weight is 446 g/mol. The number of nitrogens with one attached hydrogen (secondary N) is 2. The summed E-state index contributed by atoms with van der Waals surface area (Å²) in [5.74, 6) is -0.142. The lowest BCUT2D eigenvalue weighted by atomic mass is 10.1. The molecule has 1 saturated heterocycles. The Morgan fingerprint density at radius 1 is 1.03 bits per heavy atom. The maximum atomic E-state index is 12.9. The van der Waals surface area contributed by atoms with Crippen LogP contribution in [0.1, 0.15) is 39.4 Å². The Morgan fingerprint density at radius 2 is 1.68 bits per heavy atom. The number of carbonyl (C=O) groups is 1. The number of rotatable bonds is 7. The summed E-state index contributed by atoms with van der Waals surface area (Å²) in [5.41, 5.74) is 1.65. The van der Waals surface area contributed by atoms with Gasteiger partial charge in [-0.3, -0.25) is 9.69 Å². The molecule has 3 rings (SSSR count). The van der Waals surface area contributed by atoms with Gasteiger partial charge in [-0.25, -0.2) is 13.1 Å². The minimum absolute atomic E-state index is 0.00662. The third-order valence-electron chi connectivity index (χ3n) is 5.21. The van der Waals surface area contributed by atoms with Gasteiger partial charge < -0.3 is 10.1 Å². The van der Waals surface area contributed by atoms with Gasteiger partial charge in [-0.05, 0) is 57.5 Å². The van der Waals surface area contributed by atoms with Crippen molar-refractivity contribution in [2.45, 2.75) is 56.9 Å². The molecular formula is C23H31N3O4S. The van der Waals surface area contributed by atoms with E-state index in [1.165, 1.54) is 12.1 Å². The minimum Gasteiger partial charge on any atom is -0.368 e. The van der Waals surface area contributed by atoms with E-state index in [0.717, 1.165) is 5.56 Å². The molecule has 1 aliphatic heterocycles. The fourth-order valence-corrected chi connectivity index (χ4v) is 4.91. The van der Waals surface area contributed by atoms with E-state index < -0.39 is 10.0 Å². The number of benzene rings is 2. The Kier molecular flexibility index (Phi) is 7.48. The molecule has 168 valence electrons. The third-order valence-corrected chi connectivity index (χ3v) is 6.88. The van der Waals surface area contributed by atoms with Crippen molar-refractivity contribution in [3.8, 4) is 0 Å². The molecule has 1 amide bonds. The van der Waals surface area contributed by atoms with E-state index >= 15 is 0 Å². The van der Waals surface area contributed by atoms with E-state index in [0.29, 0.717) is 18.8 Å². The molecular weight excluding hydrogens is 414 g/mol. The largest absolute Gasteiger partial charge is 0.368 e. The van der Waals surface area contributed by atoms with Crippen LogP contribution in [0.2, 0.25) is 0 Å². The molecule has 3 atom stereocenters. The van der Waals surface area contributed by atoms with Gasteiger partial charge in [0.25, 0.3) is 0 Å². The molecule has 7 nitrogen and oxygen atoms in total. The Morgan fingerprint density at radius 3 is 2.29 bits per heavy atom. The number of carbonyl (C=O) groups excluding carboxylic acids is 1. The molecule has 0 radical (unpaired) electrons. The lowest BCUT2D eigenvalue weighted by molar-refractivity contribution is -0.128. The van der Waals surface area contributed by atoms with Gasteiger partial charge in [0.2, 0.25) is 15.9 Å². The maximum Gasteiger partial charge on any atom is 0.241 e. The summed E-state index contributed by atoms with van der Waals surface area (Å²) in [7, 11) is -3.56. The first-order valence-electron chi connectivity index (χ1n) is 10.5. The highest BCUT2D eigenvalue weighted by Gasteiger charge is 2.32. The second-order valence-corrected chi connectivity index (χ2v) is 9.98. The van der Waals surface area contributed by atoms with E-state index in [1.54, 1.807) is 26.0 Å². The topological polar surface area (TPSA) is 87.7 Å². The highest BCUT2D eigenvalue weighted by molar-refractivity contribution is 7.89. The number of hydrogen-bond acceptors (Lipinski definition) is 5. The molecule has 0 aliphatic carbocycles. The van der Waals surface area contributed by atoms with Gasteiger partial charge in [0.05, 0.1) is 23.1 Å². The van der Waals surface area contributed by atoms with Gasteiger partial charge in [0, 0.05) is 24.8 Å². The Labute approximate surface area is 184 Å². The van der Waals surface area contributed by atoms with Crippen LogP contribution in [0.15, 0.2) is 59.5 Å². The quantitative estimate of drug-likeness (QED) is 0.684. The van der Waals surface area contributed by atoms with Gasteiger partial charge in [-0.1, -0.05) is 30.3 Å². The van der Waals surface area contributed by atoms with Crippen LogP contribution in [0, 0.1) is 0 Å². The van der Waals surface area contributed by atoms with E-state index in [9.17, 15) is 13.2 Å². The normalized spacial score (nSPS) is 21.1. The van der Waals surface area contributed by atoms with Crippen molar-refractivity contribution in [2.75, 3.05) is 18.4 Å². The summed E-state index contributed by atoms with van der Waals surface area (Å²) in [6, 6.07) is 15.7. The van der Waals surface area contributed by atoms with Crippen molar-refractivity contribution in [2.24, 2.45) is 0 Å². The van der Waals surface area contributed by atoms with Crippen molar-refractivity contribution in [1.82, 2.24) is 9.62 Å². The molecule has 1 heterocycles. The van der Waals surface area contributed by atoms with Crippen LogP contribution < -0.4 is 10.0 Å². The van der Waals surface area contributed by atoms with Crippen molar-refractivity contribution in [3.05, 3.63) is 60.2 Å². The number of hydrogen-bond donors (Lipinski definition) is 2. The molecule has 8 heteroatoms. The summed E-state index contributed by atoms with van der Waals surface area (Å²) in [5, 5.41) is 2.89. The molecule has 1 fully saturated rings. The third kappa shape index (κ3) is 6.13. The van der Waals surface area contributed by atoms with Crippen molar-refractivity contribution in [3.63, 3.8) is 0 Å². The van der Waals surface area contributed by atoms with Crippen LogP contribution in [0.4, 0.5) is 5.69 Å². The van der Waals surface area contributed by atoms with Gasteiger partial charge in [-0.15, -0.1) is 0 Å². The smallest absolute Gasteiger partial charge is 0.241 e. The molecule has 0 aromatic heterocycles. The first-order chi connectivity index (χ1) is 14.7. The number of nitrogens with zero attached hydrogens (tertiary/aromatic N) is 1. The van der Waals surface area contributed by atoms with Crippen molar-refractivity contribution < 1.29 is 17.9 Å². The first kappa shape index (κ1) is 23.4. The fourth-order valence-electron chi connectivity index (χ4n) is 3.66. The van der Waals surface area contributed by atoms with Crippen LogP contribution in [0.3, 0.4) is 0 Å². The summed E-state index contributed by atoms with van der Waals surface area (Å²) in [6.07, 6.45) is -0.0784. The zero-order chi connectivity index (χ0) is 22.6. The fraction of sp³-hybridized carbons (Fsp3) is 0.435. The molecule has 0 spiro atoms. The Bertz CT molecular complexity index is 978. The predicted molar refractivity (Wildman–Crippen MR) is 121 cm³/mol. The standard InChI is InChI=1S/C23H31N3O4S/c1-16(2)25-31(28,29)21-12-10-20(11-13-21)24-23(27)18(4)26-14-17(3)30-22(15-26)19-8-6-5-7-9-19/h5-13,16-18,22,25H,14-15H2,1-4H3,(H,24,27). The average Bonchev–Trinajstić information content (AvgIpc) is 2.73. The molecule has 0 saturated carbocycles. The number of ether oxygens (including phenoxy) is 1. The van der Waals surface area contributed by atoms with Crippen LogP contribution in [0.25, 0.3) is 0 Å². The zero-order valence-electron chi connectivity index (χ0n) is 18.4. The summed E-state index contributed by atoms with van der Waals surface area (Å²) < 4.78 is 33.1. The van der Waals surface area contributed by atoms with Crippen molar-refractivity contribution in [1.29, 1.82) is 0 Å². The lowest BCUT2D eigenvalue weighted by Gasteiger charge is -2.39. The highest BCUT2D eigenvalue weighted by Crippen LogP contribution is 2.26. The molecule has 1 aliphatic rings. The number of sulfonamides is 1.